The van der Waals surface area contributed by atoms with Gasteiger partial charge in [0.05, 0.1) is 5.56 Å². The average Bonchev–Trinajstić information content (AvgIpc) is 3.14. The molecule has 0 saturated heterocycles. The molecule has 2 aromatic rings. The molecule has 0 aliphatic heterocycles. The van der Waals surface area contributed by atoms with Gasteiger partial charge in [0.25, 0.3) is 5.91 Å². The number of primary amides is 1. The molecule has 20 heavy (non-hydrogen) atoms. The van der Waals surface area contributed by atoms with Crippen molar-refractivity contribution >= 4 is 28.6 Å². The first-order valence-electron chi connectivity index (χ1n) is 6.62. The molecule has 1 aliphatic rings. The fourth-order valence-electron chi connectivity index (χ4n) is 2.33. The number of anilines is 2. The number of carbonyl (C=O) groups is 1. The zero-order chi connectivity index (χ0) is 14.1. The van der Waals surface area contributed by atoms with E-state index in [4.69, 9.17) is 11.5 Å². The molecule has 1 amide bonds. The molecule has 0 unspecified atom stereocenters. The van der Waals surface area contributed by atoms with Gasteiger partial charge in [-0.25, -0.2) is 0 Å². The van der Waals surface area contributed by atoms with E-state index in [1.807, 2.05) is 12.1 Å². The molecule has 0 bridgehead atoms. The third-order valence-electron chi connectivity index (χ3n) is 3.55. The van der Waals surface area contributed by atoms with Gasteiger partial charge in [0, 0.05) is 24.0 Å². The second kappa shape index (κ2) is 5.17. The number of benzene rings is 1. The third kappa shape index (κ3) is 2.63. The molecular formula is C15H17N3OS. The van der Waals surface area contributed by atoms with Gasteiger partial charge in [0.15, 0.2) is 0 Å². The molecule has 0 atom stereocenters. The number of carbonyl (C=O) groups excluding carboxylic acids is 1. The molecule has 0 radical (unpaired) electrons. The Morgan fingerprint density at radius 3 is 2.75 bits per heavy atom. The molecule has 5 heteroatoms. The van der Waals surface area contributed by atoms with E-state index in [2.05, 4.69) is 21.7 Å². The predicted molar refractivity (Wildman–Crippen MR) is 82.9 cm³/mol. The molecule has 0 spiro atoms. The summed E-state index contributed by atoms with van der Waals surface area (Å²) in [5, 5.41) is 4.24. The van der Waals surface area contributed by atoms with Crippen molar-refractivity contribution in [3.8, 4) is 0 Å². The van der Waals surface area contributed by atoms with Gasteiger partial charge in [0.1, 0.15) is 0 Å². The van der Waals surface area contributed by atoms with Gasteiger partial charge < -0.3 is 16.4 Å². The van der Waals surface area contributed by atoms with E-state index >= 15 is 0 Å². The highest BCUT2D eigenvalue weighted by Gasteiger charge is 2.29. The van der Waals surface area contributed by atoms with Crippen molar-refractivity contribution < 1.29 is 4.79 Å². The van der Waals surface area contributed by atoms with E-state index in [0.29, 0.717) is 17.3 Å². The number of rotatable bonds is 5. The second-order valence-corrected chi connectivity index (χ2v) is 5.91. The largest absolute Gasteiger partial charge is 0.398 e. The van der Waals surface area contributed by atoms with E-state index in [1.54, 1.807) is 17.4 Å². The molecule has 1 saturated carbocycles. The van der Waals surface area contributed by atoms with Gasteiger partial charge in [-0.3, -0.25) is 4.79 Å². The molecule has 3 rings (SSSR count). The van der Waals surface area contributed by atoms with Crippen LogP contribution in [0.2, 0.25) is 0 Å². The number of hydrogen-bond donors (Lipinski definition) is 2. The SMILES string of the molecule is NC(=O)c1cc(N(Cc2ccsc2)C2CC2)ccc1N. The quantitative estimate of drug-likeness (QED) is 0.830. The molecule has 1 aromatic heterocycles. The van der Waals surface area contributed by atoms with Crippen molar-refractivity contribution in [1.29, 1.82) is 0 Å². The molecular weight excluding hydrogens is 270 g/mol. The minimum atomic E-state index is -0.476. The summed E-state index contributed by atoms with van der Waals surface area (Å²) >= 11 is 1.70. The van der Waals surface area contributed by atoms with Gasteiger partial charge in [-0.05, 0) is 53.4 Å². The maximum absolute atomic E-state index is 11.4. The summed E-state index contributed by atoms with van der Waals surface area (Å²) in [6, 6.07) is 8.22. The number of hydrogen-bond acceptors (Lipinski definition) is 4. The summed E-state index contributed by atoms with van der Waals surface area (Å²) in [6.45, 7) is 0.857. The average molecular weight is 287 g/mol. The van der Waals surface area contributed by atoms with Crippen LogP contribution in [0.15, 0.2) is 35.0 Å². The number of thiophene rings is 1. The Kier molecular flexibility index (Phi) is 3.36. The van der Waals surface area contributed by atoms with E-state index in [0.717, 1.165) is 12.2 Å². The Morgan fingerprint density at radius 1 is 1.35 bits per heavy atom. The van der Waals surface area contributed by atoms with E-state index in [-0.39, 0.29) is 0 Å². The Balaban J connectivity index is 1.91. The summed E-state index contributed by atoms with van der Waals surface area (Å²) in [7, 11) is 0. The van der Waals surface area contributed by atoms with Crippen LogP contribution >= 0.6 is 11.3 Å². The van der Waals surface area contributed by atoms with Crippen molar-refractivity contribution in [1.82, 2.24) is 0 Å². The molecule has 1 heterocycles. The molecule has 1 fully saturated rings. The van der Waals surface area contributed by atoms with Crippen molar-refractivity contribution in [3.05, 3.63) is 46.2 Å². The zero-order valence-corrected chi connectivity index (χ0v) is 11.9. The van der Waals surface area contributed by atoms with Gasteiger partial charge in [0.2, 0.25) is 0 Å². The van der Waals surface area contributed by atoms with Crippen molar-refractivity contribution in [3.63, 3.8) is 0 Å². The molecule has 104 valence electrons. The Morgan fingerprint density at radius 2 is 2.15 bits per heavy atom. The minimum Gasteiger partial charge on any atom is -0.398 e. The van der Waals surface area contributed by atoms with Gasteiger partial charge in [-0.2, -0.15) is 11.3 Å². The Bertz CT molecular complexity index is 620. The first-order chi connectivity index (χ1) is 9.65. The highest BCUT2D eigenvalue weighted by molar-refractivity contribution is 7.07. The Hall–Kier alpha value is -2.01. The van der Waals surface area contributed by atoms with Gasteiger partial charge in [-0.15, -0.1) is 0 Å². The lowest BCUT2D eigenvalue weighted by Gasteiger charge is -2.25. The second-order valence-electron chi connectivity index (χ2n) is 5.13. The van der Waals surface area contributed by atoms with Crippen LogP contribution in [0, 0.1) is 0 Å². The first-order valence-corrected chi connectivity index (χ1v) is 7.56. The normalized spacial score (nSPS) is 14.2. The lowest BCUT2D eigenvalue weighted by atomic mass is 10.1. The van der Waals surface area contributed by atoms with Gasteiger partial charge >= 0.3 is 0 Å². The predicted octanol–water partition coefficient (Wildman–Crippen LogP) is 2.60. The van der Waals surface area contributed by atoms with E-state index in [9.17, 15) is 4.79 Å². The number of nitrogens with zero attached hydrogens (tertiary/aromatic N) is 1. The van der Waals surface area contributed by atoms with Crippen molar-refractivity contribution in [2.24, 2.45) is 5.73 Å². The summed E-state index contributed by atoms with van der Waals surface area (Å²) in [6.07, 6.45) is 2.39. The number of amides is 1. The number of nitrogen functional groups attached to an aromatic ring is 1. The Labute approximate surface area is 122 Å². The maximum Gasteiger partial charge on any atom is 0.250 e. The lowest BCUT2D eigenvalue weighted by Crippen LogP contribution is -2.25. The zero-order valence-electron chi connectivity index (χ0n) is 11.1. The van der Waals surface area contributed by atoms with Crippen LogP contribution in [0.25, 0.3) is 0 Å². The standard InChI is InChI=1S/C15H17N3OS/c16-14-4-3-12(7-13(14)15(17)19)18(11-1-2-11)8-10-5-6-20-9-10/h3-7,9,11H,1-2,8,16H2,(H2,17,19). The van der Waals surface area contributed by atoms with Crippen LogP contribution in [0.4, 0.5) is 11.4 Å². The van der Waals surface area contributed by atoms with Crippen molar-refractivity contribution in [2.45, 2.75) is 25.4 Å². The monoisotopic (exact) mass is 287 g/mol. The van der Waals surface area contributed by atoms with Crippen LogP contribution in [0.5, 0.6) is 0 Å². The summed E-state index contributed by atoms with van der Waals surface area (Å²) in [4.78, 5) is 13.8. The van der Waals surface area contributed by atoms with Gasteiger partial charge in [-0.1, -0.05) is 0 Å². The van der Waals surface area contributed by atoms with Crippen molar-refractivity contribution in [2.75, 3.05) is 10.6 Å². The smallest absolute Gasteiger partial charge is 0.250 e. The maximum atomic E-state index is 11.4. The number of nitrogens with two attached hydrogens (primary N) is 2. The highest BCUT2D eigenvalue weighted by Crippen LogP contribution is 2.34. The van der Waals surface area contributed by atoms with Crippen LogP contribution in [-0.4, -0.2) is 11.9 Å². The van der Waals surface area contributed by atoms with Crippen LogP contribution in [0.3, 0.4) is 0 Å². The molecule has 4 N–H and O–H groups in total. The summed E-state index contributed by atoms with van der Waals surface area (Å²) < 4.78 is 0. The van der Waals surface area contributed by atoms with Crippen LogP contribution < -0.4 is 16.4 Å². The fourth-order valence-corrected chi connectivity index (χ4v) is 2.99. The summed E-state index contributed by atoms with van der Waals surface area (Å²) in [5.74, 6) is -0.476. The lowest BCUT2D eigenvalue weighted by molar-refractivity contribution is 0.100. The van der Waals surface area contributed by atoms with Crippen LogP contribution in [0.1, 0.15) is 28.8 Å². The fraction of sp³-hybridized carbons (Fsp3) is 0.267. The van der Waals surface area contributed by atoms with E-state index < -0.39 is 5.91 Å². The topological polar surface area (TPSA) is 72.4 Å². The first kappa shape index (κ1) is 13.0. The van der Waals surface area contributed by atoms with Crippen LogP contribution in [-0.2, 0) is 6.54 Å². The molecule has 4 nitrogen and oxygen atoms in total. The third-order valence-corrected chi connectivity index (χ3v) is 4.29. The minimum absolute atomic E-state index is 0.401. The molecule has 1 aromatic carbocycles. The molecule has 1 aliphatic carbocycles. The highest BCUT2D eigenvalue weighted by atomic mass is 32.1. The summed E-state index contributed by atoms with van der Waals surface area (Å²) in [5.41, 5.74) is 14.3. The van der Waals surface area contributed by atoms with E-state index in [1.165, 1.54) is 18.4 Å².